The predicted molar refractivity (Wildman–Crippen MR) is 169 cm³/mol. The monoisotopic (exact) mass is 611 g/mol. The number of hydrogen-bond donors (Lipinski definition) is 1. The van der Waals surface area contributed by atoms with Crippen LogP contribution in [0.2, 0.25) is 0 Å². The normalized spacial score (nSPS) is 11.7. The van der Waals surface area contributed by atoms with Gasteiger partial charge in [-0.1, -0.05) is 121 Å². The molecule has 0 amide bonds. The molecule has 0 aliphatic heterocycles. The Balaban J connectivity index is 1.44. The highest BCUT2D eigenvalue weighted by molar-refractivity contribution is 9.10. The largest absolute Gasteiger partial charge is 0.455 e. The van der Waals surface area contributed by atoms with Gasteiger partial charge in [-0.25, -0.2) is 0 Å². The van der Waals surface area contributed by atoms with Crippen LogP contribution in [0.4, 0.5) is 0 Å². The lowest BCUT2D eigenvalue weighted by Crippen LogP contribution is -2.39. The van der Waals surface area contributed by atoms with E-state index >= 15 is 0 Å². The first-order chi connectivity index (χ1) is 20.7. The van der Waals surface area contributed by atoms with E-state index in [1.807, 2.05) is 91.0 Å². The topological polar surface area (TPSA) is 82.8 Å². The molecule has 204 valence electrons. The maximum Gasteiger partial charge on any atom is 0.205 e. The average molecular weight is 613 g/mol. The maximum absolute atomic E-state index is 6.36. The fraction of sp³-hybridized carbons (Fsp3) is 0.0571. The molecule has 5 aromatic carbocycles. The van der Waals surface area contributed by atoms with Crippen LogP contribution in [0.3, 0.4) is 0 Å². The molecule has 7 rings (SSSR count). The summed E-state index contributed by atoms with van der Waals surface area (Å²) >= 11 is 3.79. The molecule has 0 saturated carbocycles. The zero-order chi connectivity index (χ0) is 28.5. The minimum Gasteiger partial charge on any atom is -0.455 e. The quantitative estimate of drug-likeness (QED) is 0.186. The summed E-state index contributed by atoms with van der Waals surface area (Å²) in [7, 11) is 0. The number of furan rings is 1. The number of aromatic nitrogens is 4. The van der Waals surface area contributed by atoms with Crippen molar-refractivity contribution >= 4 is 26.9 Å². The van der Waals surface area contributed by atoms with Crippen LogP contribution in [-0.2, 0) is 12.1 Å². The van der Waals surface area contributed by atoms with Gasteiger partial charge in [0.25, 0.3) is 0 Å². The number of halogens is 1. The Kier molecular flexibility index (Phi) is 6.74. The summed E-state index contributed by atoms with van der Waals surface area (Å²) in [6.45, 7) is 0.457. The van der Waals surface area contributed by atoms with E-state index in [-0.39, 0.29) is 0 Å². The van der Waals surface area contributed by atoms with Gasteiger partial charge >= 0.3 is 0 Å². The fourth-order valence-corrected chi connectivity index (χ4v) is 6.24. The number of hydrogen-bond acceptors (Lipinski definition) is 5. The molecule has 0 saturated heterocycles. The van der Waals surface area contributed by atoms with Crippen LogP contribution in [0.1, 0.15) is 22.3 Å². The molecule has 42 heavy (non-hydrogen) atoms. The SMILES string of the molecule is NCc1ccc2oc(-c3ccccc3-c3nnn(C(c4ccccc4)(c4ccccc4)c4ccccc4)n3)c(Br)c2c1. The molecule has 0 aliphatic rings. The number of fused-ring (bicyclic) bond motifs is 1. The summed E-state index contributed by atoms with van der Waals surface area (Å²) in [4.78, 5) is 1.74. The van der Waals surface area contributed by atoms with Crippen LogP contribution in [-0.4, -0.2) is 20.2 Å². The van der Waals surface area contributed by atoms with Gasteiger partial charge in [0, 0.05) is 23.1 Å². The summed E-state index contributed by atoms with van der Waals surface area (Å²) < 4.78 is 7.22. The maximum atomic E-state index is 6.36. The molecule has 2 heterocycles. The fourth-order valence-electron chi connectivity index (χ4n) is 5.64. The smallest absolute Gasteiger partial charge is 0.205 e. The summed E-state index contributed by atoms with van der Waals surface area (Å²) in [5.41, 5.74) is 11.6. The third-order valence-corrected chi connectivity index (χ3v) is 8.42. The second-order valence-electron chi connectivity index (χ2n) is 10.0. The number of rotatable bonds is 7. The summed E-state index contributed by atoms with van der Waals surface area (Å²) in [6, 6.07) is 44.9. The lowest BCUT2D eigenvalue weighted by atomic mass is 9.77. The van der Waals surface area contributed by atoms with Gasteiger partial charge in [0.1, 0.15) is 11.3 Å². The molecule has 0 aliphatic carbocycles. The van der Waals surface area contributed by atoms with Gasteiger partial charge in [-0.3, -0.25) is 0 Å². The van der Waals surface area contributed by atoms with Crippen molar-refractivity contribution in [2.75, 3.05) is 0 Å². The Labute approximate surface area is 251 Å². The van der Waals surface area contributed by atoms with Gasteiger partial charge in [-0.15, -0.1) is 15.0 Å². The molecule has 6 nitrogen and oxygen atoms in total. The zero-order valence-corrected chi connectivity index (χ0v) is 24.1. The molecule has 0 unspecified atom stereocenters. The number of benzene rings is 5. The second-order valence-corrected chi connectivity index (χ2v) is 10.8. The Morgan fingerprint density at radius 2 is 1.24 bits per heavy atom. The Morgan fingerprint density at radius 3 is 1.81 bits per heavy atom. The van der Waals surface area contributed by atoms with Crippen molar-refractivity contribution in [3.63, 3.8) is 0 Å². The second kappa shape index (κ2) is 10.9. The van der Waals surface area contributed by atoms with E-state index in [4.69, 9.17) is 20.5 Å². The van der Waals surface area contributed by atoms with Crippen LogP contribution in [0, 0.1) is 0 Å². The summed E-state index contributed by atoms with van der Waals surface area (Å²) in [5.74, 6) is 1.19. The third kappa shape index (κ3) is 4.26. The van der Waals surface area contributed by atoms with Crippen molar-refractivity contribution in [3.8, 4) is 22.7 Å². The van der Waals surface area contributed by atoms with Crippen LogP contribution in [0.15, 0.2) is 142 Å². The van der Waals surface area contributed by atoms with Gasteiger partial charge in [-0.2, -0.15) is 0 Å². The summed E-state index contributed by atoms with van der Waals surface area (Å²) in [6.07, 6.45) is 0. The van der Waals surface area contributed by atoms with E-state index in [9.17, 15) is 0 Å². The molecular weight excluding hydrogens is 586 g/mol. The molecule has 7 heteroatoms. The lowest BCUT2D eigenvalue weighted by Gasteiger charge is -2.34. The van der Waals surface area contributed by atoms with Gasteiger partial charge < -0.3 is 10.2 Å². The molecule has 0 spiro atoms. The van der Waals surface area contributed by atoms with Gasteiger partial charge in [0.2, 0.25) is 5.82 Å². The third-order valence-electron chi connectivity index (χ3n) is 7.63. The number of nitrogens with two attached hydrogens (primary N) is 1. The summed E-state index contributed by atoms with van der Waals surface area (Å²) in [5, 5.41) is 15.4. The molecule has 0 fully saturated rings. The average Bonchev–Trinajstić information content (AvgIpc) is 3.68. The molecular formula is C35H26BrN5O. The molecule has 7 aromatic rings. The Morgan fingerprint density at radius 1 is 0.690 bits per heavy atom. The van der Waals surface area contributed by atoms with Crippen molar-refractivity contribution < 1.29 is 4.42 Å². The molecule has 0 radical (unpaired) electrons. The van der Waals surface area contributed by atoms with Crippen LogP contribution >= 0.6 is 15.9 Å². The van der Waals surface area contributed by atoms with Crippen LogP contribution < -0.4 is 5.73 Å². The van der Waals surface area contributed by atoms with E-state index < -0.39 is 5.54 Å². The van der Waals surface area contributed by atoms with Gasteiger partial charge in [0.15, 0.2) is 5.54 Å². The van der Waals surface area contributed by atoms with Crippen molar-refractivity contribution in [1.29, 1.82) is 0 Å². The van der Waals surface area contributed by atoms with Gasteiger partial charge in [0.05, 0.1) is 4.47 Å². The van der Waals surface area contributed by atoms with Crippen molar-refractivity contribution in [2.45, 2.75) is 12.1 Å². The standard InChI is InChI=1S/C35H26BrN5O/c36-32-30-22-24(23-37)20-21-31(30)42-33(32)28-18-10-11-19-29(28)34-38-40-41(39-34)35(25-12-4-1-5-13-25,26-14-6-2-7-15-26)27-16-8-3-9-17-27/h1-22H,23,37H2. The van der Waals surface area contributed by atoms with Crippen molar-refractivity contribution in [3.05, 3.63) is 160 Å². The zero-order valence-electron chi connectivity index (χ0n) is 22.6. The molecule has 0 atom stereocenters. The first kappa shape index (κ1) is 26.1. The van der Waals surface area contributed by atoms with E-state index in [0.717, 1.165) is 48.8 Å². The lowest BCUT2D eigenvalue weighted by molar-refractivity contribution is 0.396. The number of tetrazole rings is 1. The first-order valence-electron chi connectivity index (χ1n) is 13.7. The first-order valence-corrected chi connectivity index (χ1v) is 14.5. The highest BCUT2D eigenvalue weighted by Crippen LogP contribution is 2.43. The van der Waals surface area contributed by atoms with Crippen molar-refractivity contribution in [1.82, 2.24) is 20.2 Å². The van der Waals surface area contributed by atoms with Crippen molar-refractivity contribution in [2.24, 2.45) is 5.73 Å². The van der Waals surface area contributed by atoms with E-state index in [0.29, 0.717) is 18.1 Å². The van der Waals surface area contributed by atoms with E-state index in [1.165, 1.54) is 0 Å². The van der Waals surface area contributed by atoms with E-state index in [2.05, 4.69) is 63.5 Å². The Bertz CT molecular complexity index is 1890. The van der Waals surface area contributed by atoms with E-state index in [1.54, 1.807) is 4.80 Å². The van der Waals surface area contributed by atoms with Crippen LogP contribution in [0.25, 0.3) is 33.7 Å². The number of nitrogens with zero attached hydrogens (tertiary/aromatic N) is 4. The Hall–Kier alpha value is -4.85. The highest BCUT2D eigenvalue weighted by atomic mass is 79.9. The molecule has 2 N–H and O–H groups in total. The minimum absolute atomic E-state index is 0.457. The van der Waals surface area contributed by atoms with Crippen LogP contribution in [0.5, 0.6) is 0 Å². The predicted octanol–water partition coefficient (Wildman–Crippen LogP) is 7.81. The van der Waals surface area contributed by atoms with Gasteiger partial charge in [-0.05, 0) is 55.5 Å². The highest BCUT2D eigenvalue weighted by Gasteiger charge is 2.41. The molecule has 2 aromatic heterocycles. The molecule has 0 bridgehead atoms. The minimum atomic E-state index is -0.859.